The lowest BCUT2D eigenvalue weighted by atomic mass is 10.0. The molecule has 4 nitrogen and oxygen atoms in total. The van der Waals surface area contributed by atoms with E-state index in [0.29, 0.717) is 0 Å². The summed E-state index contributed by atoms with van der Waals surface area (Å²) in [6.45, 7) is 4.44. The summed E-state index contributed by atoms with van der Waals surface area (Å²) in [7, 11) is -4.42. The van der Waals surface area contributed by atoms with E-state index in [4.69, 9.17) is 14.3 Å². The van der Waals surface area contributed by atoms with E-state index in [0.717, 1.165) is 17.9 Å². The van der Waals surface area contributed by atoms with Crippen molar-refractivity contribution in [1.29, 1.82) is 0 Å². The van der Waals surface area contributed by atoms with Crippen molar-refractivity contribution >= 4 is 19.6 Å². The third-order valence-corrected chi connectivity index (χ3v) is 8.39. The molecule has 1 aromatic carbocycles. The lowest BCUT2D eigenvalue weighted by Crippen LogP contribution is -2.15. The smallest absolute Gasteiger partial charge is 0.303 e. The highest BCUT2D eigenvalue weighted by Gasteiger charge is 2.19. The van der Waals surface area contributed by atoms with Crippen molar-refractivity contribution in [2.24, 2.45) is 5.92 Å². The molecule has 0 aliphatic rings. The van der Waals surface area contributed by atoms with Gasteiger partial charge in [-0.25, -0.2) is 4.57 Å². The van der Waals surface area contributed by atoms with Crippen LogP contribution in [-0.2, 0) is 15.5 Å². The molecule has 1 rings (SSSR count). The first-order chi connectivity index (χ1) is 16.9. The van der Waals surface area contributed by atoms with Gasteiger partial charge in [0, 0.05) is 0 Å². The Morgan fingerprint density at radius 1 is 0.771 bits per heavy atom. The van der Waals surface area contributed by atoms with Crippen LogP contribution in [0.2, 0.25) is 0 Å². The SMILES string of the molecule is CCCCCCCCCCCCCCCCCCSCC(COP(=O)(O)O)Cc1ccc(C)cc1. The summed E-state index contributed by atoms with van der Waals surface area (Å²) in [6, 6.07) is 8.36. The van der Waals surface area contributed by atoms with Crippen LogP contribution >= 0.6 is 19.6 Å². The summed E-state index contributed by atoms with van der Waals surface area (Å²) in [5.41, 5.74) is 2.41. The van der Waals surface area contributed by atoms with Crippen molar-refractivity contribution < 1.29 is 18.9 Å². The van der Waals surface area contributed by atoms with Gasteiger partial charge in [-0.1, -0.05) is 133 Å². The maximum Gasteiger partial charge on any atom is 0.469 e. The van der Waals surface area contributed by atoms with Gasteiger partial charge < -0.3 is 9.79 Å². The number of thioether (sulfide) groups is 1. The van der Waals surface area contributed by atoms with Crippen molar-refractivity contribution in [1.82, 2.24) is 0 Å². The van der Waals surface area contributed by atoms with Crippen LogP contribution in [0.15, 0.2) is 24.3 Å². The van der Waals surface area contributed by atoms with Crippen LogP contribution in [0.5, 0.6) is 0 Å². The minimum Gasteiger partial charge on any atom is -0.303 e. The molecule has 0 aliphatic heterocycles. The minimum atomic E-state index is -4.42. The number of phosphoric ester groups is 1. The topological polar surface area (TPSA) is 66.8 Å². The molecule has 0 amide bonds. The van der Waals surface area contributed by atoms with E-state index >= 15 is 0 Å². The Morgan fingerprint density at radius 3 is 1.69 bits per heavy atom. The first-order valence-corrected chi connectivity index (χ1v) is 16.9. The average molecular weight is 529 g/mol. The van der Waals surface area contributed by atoms with E-state index in [-0.39, 0.29) is 12.5 Å². The van der Waals surface area contributed by atoms with Gasteiger partial charge in [-0.3, -0.25) is 4.52 Å². The molecule has 2 N–H and O–H groups in total. The van der Waals surface area contributed by atoms with Crippen LogP contribution in [0.3, 0.4) is 0 Å². The van der Waals surface area contributed by atoms with Crippen molar-refractivity contribution in [3.63, 3.8) is 0 Å². The van der Waals surface area contributed by atoms with Gasteiger partial charge in [0.2, 0.25) is 0 Å². The van der Waals surface area contributed by atoms with Gasteiger partial charge >= 0.3 is 7.82 Å². The highest BCUT2D eigenvalue weighted by molar-refractivity contribution is 7.99. The Labute approximate surface area is 220 Å². The molecular weight excluding hydrogens is 475 g/mol. The number of rotatable bonds is 24. The first-order valence-electron chi connectivity index (χ1n) is 14.2. The van der Waals surface area contributed by atoms with E-state index < -0.39 is 7.82 Å². The lowest BCUT2D eigenvalue weighted by molar-refractivity contribution is 0.173. The molecule has 1 aromatic rings. The number of benzene rings is 1. The minimum absolute atomic E-state index is 0.101. The second kappa shape index (κ2) is 21.7. The predicted octanol–water partition coefficient (Wildman–Crippen LogP) is 9.26. The molecule has 0 saturated carbocycles. The largest absolute Gasteiger partial charge is 0.469 e. The average Bonchev–Trinajstić information content (AvgIpc) is 2.82. The molecule has 0 fully saturated rings. The van der Waals surface area contributed by atoms with Gasteiger partial charge in [-0.05, 0) is 42.8 Å². The zero-order chi connectivity index (χ0) is 25.6. The Kier molecular flexibility index (Phi) is 20.3. The zero-order valence-corrected chi connectivity index (χ0v) is 24.3. The summed E-state index contributed by atoms with van der Waals surface area (Å²) >= 11 is 1.89. The number of hydrogen-bond acceptors (Lipinski definition) is 3. The molecule has 204 valence electrons. The van der Waals surface area contributed by atoms with E-state index in [1.165, 1.54) is 114 Å². The molecule has 35 heavy (non-hydrogen) atoms. The Morgan fingerprint density at radius 2 is 1.23 bits per heavy atom. The number of unbranched alkanes of at least 4 members (excludes halogenated alkanes) is 15. The van der Waals surface area contributed by atoms with E-state index in [9.17, 15) is 4.57 Å². The highest BCUT2D eigenvalue weighted by Crippen LogP contribution is 2.37. The van der Waals surface area contributed by atoms with Gasteiger partial charge in [-0.15, -0.1) is 0 Å². The molecule has 6 heteroatoms. The van der Waals surface area contributed by atoms with Crippen molar-refractivity contribution in [2.45, 2.75) is 123 Å². The van der Waals surface area contributed by atoms with Crippen molar-refractivity contribution in [3.8, 4) is 0 Å². The highest BCUT2D eigenvalue weighted by atomic mass is 32.2. The third kappa shape index (κ3) is 21.5. The monoisotopic (exact) mass is 528 g/mol. The van der Waals surface area contributed by atoms with Crippen LogP contribution < -0.4 is 0 Å². The number of aryl methyl sites for hydroxylation is 1. The van der Waals surface area contributed by atoms with E-state index in [2.05, 4.69) is 38.1 Å². The molecular formula is C29H53O4PS. The summed E-state index contributed by atoms with van der Waals surface area (Å²) < 4.78 is 16.0. The first kappa shape index (κ1) is 32.7. The Hall–Kier alpha value is -0.320. The van der Waals surface area contributed by atoms with Gasteiger partial charge in [0.25, 0.3) is 0 Å². The van der Waals surface area contributed by atoms with Crippen LogP contribution in [0.1, 0.15) is 121 Å². The van der Waals surface area contributed by atoms with Crippen LogP contribution in [0.25, 0.3) is 0 Å². The molecule has 0 aromatic heterocycles. The zero-order valence-electron chi connectivity index (χ0n) is 22.6. The maximum absolute atomic E-state index is 11.1. The molecule has 0 radical (unpaired) electrons. The molecule has 0 heterocycles. The van der Waals surface area contributed by atoms with Crippen LogP contribution in [-0.4, -0.2) is 27.9 Å². The van der Waals surface area contributed by atoms with Gasteiger partial charge in [-0.2, -0.15) is 11.8 Å². The molecule has 1 unspecified atom stereocenters. The molecule has 0 saturated heterocycles. The maximum atomic E-state index is 11.1. The number of hydrogen-bond donors (Lipinski definition) is 2. The normalized spacial score (nSPS) is 12.8. The van der Waals surface area contributed by atoms with Gasteiger partial charge in [0.1, 0.15) is 0 Å². The summed E-state index contributed by atoms with van der Waals surface area (Å²) in [6.07, 6.45) is 22.9. The lowest BCUT2D eigenvalue weighted by Gasteiger charge is -2.17. The van der Waals surface area contributed by atoms with Crippen molar-refractivity contribution in [3.05, 3.63) is 35.4 Å². The molecule has 1 atom stereocenters. The standard InChI is InChI=1S/C29H53O4PS/c1-3-4-5-6-7-8-9-10-11-12-13-14-15-16-17-18-23-35-26-29(25-33-34(30,31)32)24-28-21-19-27(2)20-22-28/h19-22,29H,3-18,23-26H2,1-2H3,(H2,30,31,32). The molecule has 0 aliphatic carbocycles. The summed E-state index contributed by atoms with van der Waals surface area (Å²) in [5, 5.41) is 0. The molecule has 0 bridgehead atoms. The van der Waals surface area contributed by atoms with Gasteiger partial charge in [0.15, 0.2) is 0 Å². The summed E-state index contributed by atoms with van der Waals surface area (Å²) in [4.78, 5) is 18.2. The fraction of sp³-hybridized carbons (Fsp3) is 0.793. The Balaban J connectivity index is 1.99. The summed E-state index contributed by atoms with van der Waals surface area (Å²) in [5.74, 6) is 2.09. The van der Waals surface area contributed by atoms with E-state index in [1.54, 1.807) is 0 Å². The van der Waals surface area contributed by atoms with Crippen LogP contribution in [0.4, 0.5) is 0 Å². The second-order valence-electron chi connectivity index (χ2n) is 10.2. The van der Waals surface area contributed by atoms with Crippen molar-refractivity contribution in [2.75, 3.05) is 18.1 Å². The Bertz CT molecular complexity index is 647. The van der Waals surface area contributed by atoms with Crippen LogP contribution in [0, 0.1) is 12.8 Å². The third-order valence-electron chi connectivity index (χ3n) is 6.62. The fourth-order valence-corrected chi connectivity index (χ4v) is 5.96. The predicted molar refractivity (Wildman–Crippen MR) is 153 cm³/mol. The molecule has 0 spiro atoms. The second-order valence-corrected chi connectivity index (χ2v) is 12.6. The fourth-order valence-electron chi connectivity index (χ4n) is 4.43. The number of phosphoric acid groups is 1. The van der Waals surface area contributed by atoms with Gasteiger partial charge in [0.05, 0.1) is 6.61 Å². The van der Waals surface area contributed by atoms with E-state index in [1.807, 2.05) is 11.8 Å². The quantitative estimate of drug-likeness (QED) is 0.103.